The van der Waals surface area contributed by atoms with Crippen LogP contribution < -0.4 is 5.43 Å². The van der Waals surface area contributed by atoms with E-state index in [0.717, 1.165) is 37.2 Å². The van der Waals surface area contributed by atoms with Gasteiger partial charge in [-0.05, 0) is 68.7 Å². The smallest absolute Gasteiger partial charge is 0.157 e. The molecule has 2 bridgehead atoms. The Morgan fingerprint density at radius 2 is 1.96 bits per heavy atom. The monoisotopic (exact) mass is 324 g/mol. The predicted molar refractivity (Wildman–Crippen MR) is 96.7 cm³/mol. The van der Waals surface area contributed by atoms with Crippen LogP contribution in [0.15, 0.2) is 23.3 Å². The highest BCUT2D eigenvalue weighted by Crippen LogP contribution is 2.50. The summed E-state index contributed by atoms with van der Waals surface area (Å²) in [4.78, 5) is 4.87. The normalized spacial score (nSPS) is 35.1. The van der Waals surface area contributed by atoms with E-state index in [0.29, 0.717) is 0 Å². The number of fused-ring (bicyclic) bond motifs is 3. The van der Waals surface area contributed by atoms with E-state index in [9.17, 15) is 0 Å². The van der Waals surface area contributed by atoms with Gasteiger partial charge in [-0.15, -0.1) is 0 Å². The summed E-state index contributed by atoms with van der Waals surface area (Å²) in [7, 11) is 4.46. The van der Waals surface area contributed by atoms with Crippen molar-refractivity contribution in [3.8, 4) is 0 Å². The van der Waals surface area contributed by atoms with Crippen LogP contribution in [0, 0.1) is 11.8 Å². The quantitative estimate of drug-likeness (QED) is 0.862. The van der Waals surface area contributed by atoms with E-state index in [-0.39, 0.29) is 5.66 Å². The summed E-state index contributed by atoms with van der Waals surface area (Å²) in [6, 6.07) is 6.98. The molecule has 1 aromatic carbocycles. The first kappa shape index (κ1) is 14.8. The second-order valence-corrected chi connectivity index (χ2v) is 8.42. The molecule has 4 nitrogen and oxygen atoms in total. The highest BCUT2D eigenvalue weighted by Gasteiger charge is 2.53. The predicted octanol–water partition coefficient (Wildman–Crippen LogP) is 2.78. The highest BCUT2D eigenvalue weighted by atomic mass is 15.5. The van der Waals surface area contributed by atoms with Crippen molar-refractivity contribution in [2.75, 3.05) is 20.6 Å². The first-order chi connectivity index (χ1) is 11.7. The van der Waals surface area contributed by atoms with Crippen LogP contribution in [0.4, 0.5) is 0 Å². The second kappa shape index (κ2) is 5.22. The number of hydrogen-bond acceptors (Lipinski definition) is 4. The van der Waals surface area contributed by atoms with Gasteiger partial charge < -0.3 is 9.80 Å². The summed E-state index contributed by atoms with van der Waals surface area (Å²) >= 11 is 0. The maximum atomic E-state index is 4.83. The van der Waals surface area contributed by atoms with Crippen LogP contribution >= 0.6 is 0 Å². The lowest BCUT2D eigenvalue weighted by molar-refractivity contribution is -0.0197. The van der Waals surface area contributed by atoms with Crippen molar-refractivity contribution in [2.45, 2.75) is 50.7 Å². The average molecular weight is 324 g/mol. The highest BCUT2D eigenvalue weighted by molar-refractivity contribution is 6.00. The molecule has 4 heteroatoms. The fraction of sp³-hybridized carbons (Fsp3) is 0.650. The minimum absolute atomic E-state index is 0.0899. The molecule has 0 saturated heterocycles. The molecule has 0 unspecified atom stereocenters. The summed E-state index contributed by atoms with van der Waals surface area (Å²) < 4.78 is 0. The number of benzene rings is 1. The van der Waals surface area contributed by atoms with Crippen LogP contribution in [0.1, 0.15) is 48.8 Å². The fourth-order valence-corrected chi connectivity index (χ4v) is 5.58. The molecule has 3 aliphatic carbocycles. The average Bonchev–Trinajstić information content (AvgIpc) is 2.92. The van der Waals surface area contributed by atoms with E-state index >= 15 is 0 Å². The summed E-state index contributed by atoms with van der Waals surface area (Å²) in [5.41, 5.74) is 7.96. The molecule has 1 spiro atoms. The van der Waals surface area contributed by atoms with Crippen molar-refractivity contribution < 1.29 is 0 Å². The van der Waals surface area contributed by atoms with Gasteiger partial charge in [-0.2, -0.15) is 5.10 Å². The molecule has 5 aliphatic rings. The molecule has 0 amide bonds. The third-order valence-electron chi connectivity index (χ3n) is 7.06. The molecule has 24 heavy (non-hydrogen) atoms. The lowest BCUT2D eigenvalue weighted by atomic mass is 9.64. The fourth-order valence-electron chi connectivity index (χ4n) is 5.58. The van der Waals surface area contributed by atoms with Gasteiger partial charge in [0, 0.05) is 31.6 Å². The zero-order valence-electron chi connectivity index (χ0n) is 14.9. The minimum atomic E-state index is 0.0899. The number of hydrogen-bond donors (Lipinski definition) is 1. The molecule has 1 aromatic rings. The van der Waals surface area contributed by atoms with Crippen molar-refractivity contribution in [2.24, 2.45) is 16.9 Å². The molecule has 1 N–H and O–H groups in total. The lowest BCUT2D eigenvalue weighted by Gasteiger charge is -2.53. The summed E-state index contributed by atoms with van der Waals surface area (Å²) in [5, 5.41) is 4.83. The van der Waals surface area contributed by atoms with Crippen molar-refractivity contribution in [1.29, 1.82) is 0 Å². The van der Waals surface area contributed by atoms with Gasteiger partial charge in [-0.3, -0.25) is 5.43 Å². The number of nitrogens with zero attached hydrogens (tertiary/aromatic N) is 3. The van der Waals surface area contributed by atoms with Gasteiger partial charge >= 0.3 is 0 Å². The van der Waals surface area contributed by atoms with Crippen LogP contribution in [0.2, 0.25) is 0 Å². The lowest BCUT2D eigenvalue weighted by Crippen LogP contribution is -2.62. The molecule has 0 radical (unpaired) electrons. The van der Waals surface area contributed by atoms with Crippen molar-refractivity contribution >= 4 is 5.84 Å². The Kier molecular flexibility index (Phi) is 3.21. The standard InChI is InChI=1S/C20H28N4/c1-23-10-9-15-11-16(5-6-17(15)13-23)19-21-22-20(24(19)2)12-14-3-7-18(20)8-4-14/h5-6,11,14,18,22H,3-4,7-10,12-13H2,1-2H3/t14?,18?,20-/m0/s1. The van der Waals surface area contributed by atoms with Crippen molar-refractivity contribution in [1.82, 2.24) is 15.2 Å². The zero-order chi connectivity index (χ0) is 16.3. The molecule has 1 atom stereocenters. The van der Waals surface area contributed by atoms with Crippen molar-refractivity contribution in [3.63, 3.8) is 0 Å². The summed E-state index contributed by atoms with van der Waals surface area (Å²) in [6.07, 6.45) is 7.98. The second-order valence-electron chi connectivity index (χ2n) is 8.42. The van der Waals surface area contributed by atoms with Gasteiger partial charge in [0.15, 0.2) is 5.84 Å². The number of likely N-dealkylation sites (N-methyl/N-ethyl adjacent to an activating group) is 1. The van der Waals surface area contributed by atoms with Crippen molar-refractivity contribution in [3.05, 3.63) is 34.9 Å². The van der Waals surface area contributed by atoms with Crippen LogP contribution in [-0.2, 0) is 13.0 Å². The molecule has 0 aromatic heterocycles. The number of hydrazone groups is 1. The van der Waals surface area contributed by atoms with Gasteiger partial charge in [0.25, 0.3) is 0 Å². The molecular formula is C20H28N4. The molecule has 3 saturated carbocycles. The van der Waals surface area contributed by atoms with Crippen LogP contribution in [0.3, 0.4) is 0 Å². The Hall–Kier alpha value is -1.55. The van der Waals surface area contributed by atoms with E-state index < -0.39 is 0 Å². The minimum Gasteiger partial charge on any atom is -0.333 e. The Labute approximate surface area is 144 Å². The van der Waals surface area contributed by atoms with E-state index in [1.807, 2.05) is 0 Å². The Balaban J connectivity index is 1.44. The van der Waals surface area contributed by atoms with Gasteiger partial charge in [0.05, 0.1) is 0 Å². The molecule has 6 rings (SSSR count). The maximum Gasteiger partial charge on any atom is 0.157 e. The van der Waals surface area contributed by atoms with E-state index in [1.165, 1.54) is 48.8 Å². The molecule has 128 valence electrons. The van der Waals surface area contributed by atoms with E-state index in [1.54, 1.807) is 0 Å². The molecule has 2 heterocycles. The topological polar surface area (TPSA) is 30.9 Å². The Morgan fingerprint density at radius 1 is 1.12 bits per heavy atom. The number of nitrogens with one attached hydrogen (secondary N) is 1. The number of amidine groups is 1. The first-order valence-electron chi connectivity index (χ1n) is 9.55. The zero-order valence-corrected chi connectivity index (χ0v) is 14.9. The van der Waals surface area contributed by atoms with E-state index in [4.69, 9.17) is 5.10 Å². The molecule has 2 aliphatic heterocycles. The Bertz CT molecular complexity index is 689. The summed E-state index contributed by atoms with van der Waals surface area (Å²) in [5.74, 6) is 2.78. The largest absolute Gasteiger partial charge is 0.333 e. The van der Waals surface area contributed by atoms with Crippen LogP contribution in [0.25, 0.3) is 0 Å². The molecular weight excluding hydrogens is 296 g/mol. The van der Waals surface area contributed by atoms with Gasteiger partial charge in [0.1, 0.15) is 5.66 Å². The van der Waals surface area contributed by atoms with Gasteiger partial charge in [-0.1, -0.05) is 12.1 Å². The molecule has 3 fully saturated rings. The summed E-state index contributed by atoms with van der Waals surface area (Å²) in [6.45, 7) is 2.23. The van der Waals surface area contributed by atoms with Gasteiger partial charge in [0.2, 0.25) is 0 Å². The van der Waals surface area contributed by atoms with Crippen LogP contribution in [-0.4, -0.2) is 41.9 Å². The van der Waals surface area contributed by atoms with Gasteiger partial charge in [-0.25, -0.2) is 0 Å². The van der Waals surface area contributed by atoms with Crippen LogP contribution in [0.5, 0.6) is 0 Å². The Morgan fingerprint density at radius 3 is 2.71 bits per heavy atom. The maximum absolute atomic E-state index is 4.83. The first-order valence-corrected chi connectivity index (χ1v) is 9.55. The number of rotatable bonds is 1. The third kappa shape index (κ3) is 2.05. The van der Waals surface area contributed by atoms with E-state index in [2.05, 4.69) is 47.5 Å². The SMILES string of the molecule is CN1CCc2cc(C3=NN[C@@]4(CC5CCC4CC5)N3C)ccc2C1. The third-order valence-corrected chi connectivity index (χ3v) is 7.06.